The number of hydrogen-bond acceptors (Lipinski definition) is 7. The third-order valence-electron chi connectivity index (χ3n) is 6.07. The van der Waals surface area contributed by atoms with Crippen LogP contribution in [0.15, 0.2) is 76.8 Å². The molecule has 0 bridgehead atoms. The molecule has 9 heteroatoms. The number of ether oxygens (including phenoxy) is 3. The molecule has 0 radical (unpaired) electrons. The lowest BCUT2D eigenvalue weighted by Gasteiger charge is -2.13. The number of phenols is 1. The van der Waals surface area contributed by atoms with Crippen molar-refractivity contribution < 1.29 is 27.7 Å². The van der Waals surface area contributed by atoms with Crippen molar-refractivity contribution in [1.82, 2.24) is 4.40 Å². The fraction of sp³-hybridized carbons (Fsp3) is 0.286. The molecule has 0 aliphatic rings. The number of nitrogens with one attached hydrogen (secondary N) is 1. The number of hydrogen-bond donors (Lipinski definition) is 2. The number of sulfone groups is 1. The van der Waals surface area contributed by atoms with Gasteiger partial charge in [-0.25, -0.2) is 8.42 Å². The molecular weight excluding hydrogens is 492 g/mol. The van der Waals surface area contributed by atoms with Gasteiger partial charge in [-0.05, 0) is 54.3 Å². The first-order valence-corrected chi connectivity index (χ1v) is 13.5. The summed E-state index contributed by atoms with van der Waals surface area (Å²) in [6, 6.07) is 15.4. The summed E-state index contributed by atoms with van der Waals surface area (Å²) in [5.74, 6) is 1.36. The summed E-state index contributed by atoms with van der Waals surface area (Å²) in [6.45, 7) is 5.02. The molecule has 0 saturated carbocycles. The molecule has 0 saturated heterocycles. The fourth-order valence-electron chi connectivity index (χ4n) is 4.20. The maximum Gasteiger partial charge on any atom is 0.209 e. The van der Waals surface area contributed by atoms with Crippen LogP contribution in [-0.4, -0.2) is 45.3 Å². The van der Waals surface area contributed by atoms with Crippen molar-refractivity contribution in [3.8, 4) is 23.0 Å². The zero-order valence-electron chi connectivity index (χ0n) is 21.4. The summed E-state index contributed by atoms with van der Waals surface area (Å²) in [6.07, 6.45) is 4.44. The molecule has 0 unspecified atom stereocenters. The van der Waals surface area contributed by atoms with Crippen molar-refractivity contribution in [1.29, 1.82) is 0 Å². The van der Waals surface area contributed by atoms with Gasteiger partial charge in [0, 0.05) is 36.8 Å². The van der Waals surface area contributed by atoms with E-state index in [1.54, 1.807) is 36.4 Å². The lowest BCUT2D eigenvalue weighted by atomic mass is 10.1. The Bertz CT molecular complexity index is 1480. The predicted octanol–water partition coefficient (Wildman–Crippen LogP) is 5.50. The number of methoxy groups -OCH3 is 2. The smallest absolute Gasteiger partial charge is 0.209 e. The number of anilines is 1. The minimum Gasteiger partial charge on any atom is -0.504 e. The van der Waals surface area contributed by atoms with E-state index in [9.17, 15) is 13.5 Å². The van der Waals surface area contributed by atoms with E-state index in [0.29, 0.717) is 47.2 Å². The predicted molar refractivity (Wildman–Crippen MR) is 143 cm³/mol. The standard InChI is InChI=1S/C28H32N2O6S/c1-19(2)23-18-30-14-6-5-8-24(30)28(23)37(32,33)22-11-9-21(10-12-22)36-15-7-13-29-20-16-25(31)27(35-4)26(17-20)34-3/h5-6,8-12,14,16-19,29,31H,7,13,15H2,1-4H3. The number of nitrogens with zero attached hydrogens (tertiary/aromatic N) is 1. The van der Waals surface area contributed by atoms with Crippen LogP contribution in [0.4, 0.5) is 5.69 Å². The second-order valence-electron chi connectivity index (χ2n) is 8.90. The number of benzene rings is 2. The average molecular weight is 525 g/mol. The summed E-state index contributed by atoms with van der Waals surface area (Å²) in [4.78, 5) is 0.581. The SMILES string of the molecule is COc1cc(NCCCOc2ccc(S(=O)(=O)c3c(C(C)C)cn4ccccc34)cc2)cc(O)c1OC. The van der Waals surface area contributed by atoms with Gasteiger partial charge in [0.1, 0.15) is 10.6 Å². The normalized spacial score (nSPS) is 11.6. The molecule has 2 heterocycles. The maximum atomic E-state index is 13.6. The second-order valence-corrected chi connectivity index (χ2v) is 10.8. The van der Waals surface area contributed by atoms with Crippen molar-refractivity contribution >= 4 is 21.0 Å². The minimum absolute atomic E-state index is 0.00973. The third kappa shape index (κ3) is 5.46. The topological polar surface area (TPSA) is 98.5 Å². The van der Waals surface area contributed by atoms with Crippen molar-refractivity contribution in [2.45, 2.75) is 36.0 Å². The summed E-state index contributed by atoms with van der Waals surface area (Å²) < 4.78 is 45.2. The summed E-state index contributed by atoms with van der Waals surface area (Å²) in [7, 11) is -0.737. The van der Waals surface area contributed by atoms with E-state index in [4.69, 9.17) is 14.2 Å². The van der Waals surface area contributed by atoms with Crippen LogP contribution in [0, 0.1) is 0 Å². The van der Waals surface area contributed by atoms with Crippen LogP contribution in [0.25, 0.3) is 5.52 Å². The Morgan fingerprint density at radius 1 is 1.03 bits per heavy atom. The van der Waals surface area contributed by atoms with Crippen LogP contribution >= 0.6 is 0 Å². The van der Waals surface area contributed by atoms with Crippen molar-refractivity contribution in [3.05, 3.63) is 72.6 Å². The van der Waals surface area contributed by atoms with Crippen LogP contribution < -0.4 is 19.5 Å². The van der Waals surface area contributed by atoms with Crippen LogP contribution in [0.5, 0.6) is 23.0 Å². The molecule has 0 fully saturated rings. The Hall–Kier alpha value is -3.85. The Morgan fingerprint density at radius 3 is 2.46 bits per heavy atom. The summed E-state index contributed by atoms with van der Waals surface area (Å²) in [5, 5.41) is 13.3. The quantitative estimate of drug-likeness (QED) is 0.250. The highest BCUT2D eigenvalue weighted by atomic mass is 32.2. The molecule has 2 aromatic heterocycles. The Labute approximate surface area is 217 Å². The first-order valence-electron chi connectivity index (χ1n) is 12.0. The highest BCUT2D eigenvalue weighted by Gasteiger charge is 2.27. The van der Waals surface area contributed by atoms with Gasteiger partial charge in [-0.1, -0.05) is 19.9 Å². The largest absolute Gasteiger partial charge is 0.504 e. The molecule has 0 spiro atoms. The van der Waals surface area contributed by atoms with Gasteiger partial charge in [-0.15, -0.1) is 0 Å². The average Bonchev–Trinajstić information content (AvgIpc) is 3.29. The molecule has 2 N–H and O–H groups in total. The second kappa shape index (κ2) is 11.0. The lowest BCUT2D eigenvalue weighted by Crippen LogP contribution is -2.08. The zero-order valence-corrected chi connectivity index (χ0v) is 22.2. The Morgan fingerprint density at radius 2 is 1.78 bits per heavy atom. The Balaban J connectivity index is 1.39. The van der Waals surface area contributed by atoms with E-state index in [1.807, 2.05) is 48.8 Å². The number of pyridine rings is 1. The number of aromatic hydroxyl groups is 1. The number of aromatic nitrogens is 1. The van der Waals surface area contributed by atoms with Gasteiger partial charge < -0.3 is 29.0 Å². The van der Waals surface area contributed by atoms with Crippen LogP contribution in [0.1, 0.15) is 31.7 Å². The molecule has 37 heavy (non-hydrogen) atoms. The fourth-order valence-corrected chi connectivity index (χ4v) is 5.97. The van der Waals surface area contributed by atoms with Crippen molar-refractivity contribution in [2.75, 3.05) is 32.7 Å². The van der Waals surface area contributed by atoms with Gasteiger partial charge in [0.15, 0.2) is 11.5 Å². The molecule has 8 nitrogen and oxygen atoms in total. The van der Waals surface area contributed by atoms with Gasteiger partial charge in [0.05, 0.1) is 31.2 Å². The number of phenolic OH excluding ortho intramolecular Hbond substituents is 1. The molecular formula is C28H32N2O6S. The first-order chi connectivity index (χ1) is 17.8. The van der Waals surface area contributed by atoms with Crippen LogP contribution in [-0.2, 0) is 9.84 Å². The van der Waals surface area contributed by atoms with Crippen molar-refractivity contribution in [2.24, 2.45) is 0 Å². The van der Waals surface area contributed by atoms with E-state index in [-0.39, 0.29) is 22.3 Å². The third-order valence-corrected chi connectivity index (χ3v) is 7.94. The minimum atomic E-state index is -3.71. The number of rotatable bonds is 11. The van der Waals surface area contributed by atoms with Gasteiger partial charge in [-0.2, -0.15) is 0 Å². The highest BCUT2D eigenvalue weighted by Crippen LogP contribution is 2.39. The molecule has 0 aliphatic heterocycles. The van der Waals surface area contributed by atoms with Gasteiger partial charge >= 0.3 is 0 Å². The molecule has 4 rings (SSSR count). The number of fused-ring (bicyclic) bond motifs is 1. The van der Waals surface area contributed by atoms with Gasteiger partial charge in [0.2, 0.25) is 15.6 Å². The monoisotopic (exact) mass is 524 g/mol. The molecule has 0 amide bonds. The van der Waals surface area contributed by atoms with Crippen LogP contribution in [0.2, 0.25) is 0 Å². The van der Waals surface area contributed by atoms with E-state index >= 15 is 0 Å². The molecule has 2 aromatic carbocycles. The van der Waals surface area contributed by atoms with E-state index in [2.05, 4.69) is 5.32 Å². The highest BCUT2D eigenvalue weighted by molar-refractivity contribution is 7.91. The first kappa shape index (κ1) is 26.2. The maximum absolute atomic E-state index is 13.6. The van der Waals surface area contributed by atoms with Gasteiger partial charge in [0.25, 0.3) is 0 Å². The molecule has 0 atom stereocenters. The zero-order chi connectivity index (χ0) is 26.6. The van der Waals surface area contributed by atoms with Gasteiger partial charge in [-0.3, -0.25) is 0 Å². The van der Waals surface area contributed by atoms with Crippen molar-refractivity contribution in [3.63, 3.8) is 0 Å². The summed E-state index contributed by atoms with van der Waals surface area (Å²) >= 11 is 0. The summed E-state index contributed by atoms with van der Waals surface area (Å²) in [5.41, 5.74) is 2.16. The molecule has 0 aliphatic carbocycles. The van der Waals surface area contributed by atoms with E-state index in [1.165, 1.54) is 14.2 Å². The van der Waals surface area contributed by atoms with Crippen LogP contribution in [0.3, 0.4) is 0 Å². The lowest BCUT2D eigenvalue weighted by molar-refractivity contribution is 0.314. The molecule has 196 valence electrons. The van der Waals surface area contributed by atoms with E-state index < -0.39 is 9.84 Å². The molecule has 4 aromatic rings. The Kier molecular flexibility index (Phi) is 7.83. The van der Waals surface area contributed by atoms with E-state index in [0.717, 1.165) is 5.56 Å².